The number of piperazine rings is 1. The van der Waals surface area contributed by atoms with Gasteiger partial charge in [-0.15, -0.1) is 0 Å². The molecule has 0 radical (unpaired) electrons. The zero-order valence-electron chi connectivity index (χ0n) is 6.95. The zero-order valence-corrected chi connectivity index (χ0v) is 6.95. The van der Waals surface area contributed by atoms with Gasteiger partial charge in [0.2, 0.25) is 0 Å². The highest BCUT2D eigenvalue weighted by molar-refractivity contribution is 5.04. The first-order valence-corrected chi connectivity index (χ1v) is 4.48. The number of likely N-dealkylation sites (tertiary alicyclic amines) is 1. The summed E-state index contributed by atoms with van der Waals surface area (Å²) >= 11 is 0. The monoisotopic (exact) mass is 156 g/mol. The summed E-state index contributed by atoms with van der Waals surface area (Å²) in [6.07, 6.45) is 1.08. The van der Waals surface area contributed by atoms with Gasteiger partial charge < -0.3 is 10.4 Å². The second-order valence-electron chi connectivity index (χ2n) is 3.57. The van der Waals surface area contributed by atoms with E-state index in [0.717, 1.165) is 19.6 Å². The van der Waals surface area contributed by atoms with Crippen molar-refractivity contribution >= 4 is 0 Å². The molecule has 3 nitrogen and oxygen atoms in total. The van der Waals surface area contributed by atoms with Gasteiger partial charge in [-0.05, 0) is 13.0 Å². The van der Waals surface area contributed by atoms with E-state index >= 15 is 0 Å². The predicted octanol–water partition coefficient (Wildman–Crippen LogP) is -0.587. The minimum absolute atomic E-state index is 0.110. The third-order valence-corrected chi connectivity index (χ3v) is 2.81. The van der Waals surface area contributed by atoms with Crippen molar-refractivity contribution in [1.29, 1.82) is 0 Å². The lowest BCUT2D eigenvalue weighted by atomic mass is 10.2. The number of rotatable bonds is 2. The second-order valence-corrected chi connectivity index (χ2v) is 3.57. The number of fused-ring (bicyclic) bond motifs is 2. The molecule has 2 heterocycles. The molecule has 0 saturated carbocycles. The maximum atomic E-state index is 9.62. The smallest absolute Gasteiger partial charge is 0.0872 e. The topological polar surface area (TPSA) is 35.5 Å². The van der Waals surface area contributed by atoms with Crippen molar-refractivity contribution in [2.24, 2.45) is 0 Å². The summed E-state index contributed by atoms with van der Waals surface area (Å²) in [6.45, 7) is 5.34. The Labute approximate surface area is 67.4 Å². The van der Waals surface area contributed by atoms with Crippen molar-refractivity contribution in [3.05, 3.63) is 0 Å². The van der Waals surface area contributed by atoms with Gasteiger partial charge in [-0.1, -0.05) is 6.92 Å². The van der Waals surface area contributed by atoms with Crippen LogP contribution in [-0.2, 0) is 0 Å². The van der Waals surface area contributed by atoms with Crippen LogP contribution in [0.15, 0.2) is 0 Å². The highest BCUT2D eigenvalue weighted by Crippen LogP contribution is 2.23. The van der Waals surface area contributed by atoms with E-state index in [0.29, 0.717) is 12.1 Å². The number of hydrogen-bond donors (Lipinski definition) is 2. The van der Waals surface area contributed by atoms with Crippen LogP contribution in [0.3, 0.4) is 0 Å². The molecular weight excluding hydrogens is 140 g/mol. The van der Waals surface area contributed by atoms with Gasteiger partial charge in [-0.25, -0.2) is 0 Å². The average molecular weight is 156 g/mol. The van der Waals surface area contributed by atoms with Gasteiger partial charge in [0.05, 0.1) is 6.10 Å². The Bertz CT molecular complexity index is 151. The third-order valence-electron chi connectivity index (χ3n) is 2.81. The van der Waals surface area contributed by atoms with E-state index in [4.69, 9.17) is 0 Å². The van der Waals surface area contributed by atoms with Crippen LogP contribution in [-0.4, -0.2) is 47.8 Å². The lowest BCUT2D eigenvalue weighted by Gasteiger charge is -2.25. The molecule has 0 aromatic carbocycles. The maximum Gasteiger partial charge on any atom is 0.0872 e. The van der Waals surface area contributed by atoms with Gasteiger partial charge in [-0.2, -0.15) is 0 Å². The summed E-state index contributed by atoms with van der Waals surface area (Å²) < 4.78 is 0. The Morgan fingerprint density at radius 3 is 2.91 bits per heavy atom. The molecule has 2 bridgehead atoms. The molecule has 0 aromatic heterocycles. The number of aliphatic hydroxyl groups is 1. The van der Waals surface area contributed by atoms with Crippen molar-refractivity contribution in [3.8, 4) is 0 Å². The quantitative estimate of drug-likeness (QED) is 0.561. The normalized spacial score (nSPS) is 43.6. The number of nitrogens with zero attached hydrogens (tertiary/aromatic N) is 1. The third kappa shape index (κ3) is 1.08. The molecule has 0 amide bonds. The first-order valence-electron chi connectivity index (χ1n) is 4.48. The fourth-order valence-electron chi connectivity index (χ4n) is 2.23. The molecule has 64 valence electrons. The van der Waals surface area contributed by atoms with Gasteiger partial charge in [0.1, 0.15) is 0 Å². The maximum absolute atomic E-state index is 9.62. The summed E-state index contributed by atoms with van der Waals surface area (Å²) in [5.74, 6) is 0. The molecule has 0 spiro atoms. The standard InChI is InChI=1S/C8H16N2O/c1-2-3-10-5-6-8(11)7(10)4-9-6/h6-9,11H,2-5H2,1H3. The van der Waals surface area contributed by atoms with E-state index in [9.17, 15) is 5.11 Å². The largest absolute Gasteiger partial charge is 0.390 e. The fourth-order valence-corrected chi connectivity index (χ4v) is 2.23. The molecule has 3 heteroatoms. The van der Waals surface area contributed by atoms with Crippen LogP contribution in [0.4, 0.5) is 0 Å². The van der Waals surface area contributed by atoms with Gasteiger partial charge in [0.25, 0.3) is 0 Å². The van der Waals surface area contributed by atoms with E-state index in [1.807, 2.05) is 0 Å². The summed E-state index contributed by atoms with van der Waals surface area (Å²) in [5, 5.41) is 12.9. The van der Waals surface area contributed by atoms with Gasteiger partial charge in [0, 0.05) is 25.2 Å². The van der Waals surface area contributed by atoms with Crippen molar-refractivity contribution in [2.75, 3.05) is 19.6 Å². The van der Waals surface area contributed by atoms with Gasteiger partial charge in [-0.3, -0.25) is 4.90 Å². The first-order chi connectivity index (χ1) is 5.33. The highest BCUT2D eigenvalue weighted by atomic mass is 16.3. The molecule has 2 rings (SSSR count). The van der Waals surface area contributed by atoms with E-state index in [1.165, 1.54) is 6.42 Å². The van der Waals surface area contributed by atoms with E-state index in [1.54, 1.807) is 0 Å². The Morgan fingerprint density at radius 2 is 2.45 bits per heavy atom. The Hall–Kier alpha value is -0.120. The molecule has 2 aliphatic rings. The zero-order chi connectivity index (χ0) is 7.84. The van der Waals surface area contributed by atoms with Crippen molar-refractivity contribution < 1.29 is 5.11 Å². The fraction of sp³-hybridized carbons (Fsp3) is 1.00. The summed E-state index contributed by atoms with van der Waals surface area (Å²) in [4.78, 5) is 2.39. The average Bonchev–Trinajstić information content (AvgIpc) is 2.47. The number of nitrogens with one attached hydrogen (secondary N) is 1. The predicted molar refractivity (Wildman–Crippen MR) is 43.4 cm³/mol. The summed E-state index contributed by atoms with van der Waals surface area (Å²) in [7, 11) is 0. The lowest BCUT2D eigenvalue weighted by molar-refractivity contribution is 0.137. The summed E-state index contributed by atoms with van der Waals surface area (Å²) in [5.41, 5.74) is 0. The van der Waals surface area contributed by atoms with Crippen LogP contribution in [0.5, 0.6) is 0 Å². The SMILES string of the molecule is CCCN1CC2NCC1C2O. The Morgan fingerprint density at radius 1 is 1.64 bits per heavy atom. The van der Waals surface area contributed by atoms with Crippen LogP contribution in [0, 0.1) is 0 Å². The molecule has 0 aromatic rings. The molecule has 0 aliphatic carbocycles. The Kier molecular flexibility index (Phi) is 1.87. The van der Waals surface area contributed by atoms with E-state index in [2.05, 4.69) is 17.1 Å². The summed E-state index contributed by atoms with van der Waals surface area (Å²) in [6, 6.07) is 0.756. The van der Waals surface area contributed by atoms with Crippen LogP contribution in [0.1, 0.15) is 13.3 Å². The van der Waals surface area contributed by atoms with E-state index in [-0.39, 0.29) is 6.10 Å². The van der Waals surface area contributed by atoms with Crippen LogP contribution < -0.4 is 5.32 Å². The minimum Gasteiger partial charge on any atom is -0.390 e. The van der Waals surface area contributed by atoms with Crippen molar-refractivity contribution in [3.63, 3.8) is 0 Å². The lowest BCUT2D eigenvalue weighted by Crippen LogP contribution is -2.43. The molecule has 3 atom stereocenters. The Balaban J connectivity index is 1.97. The molecule has 2 aliphatic heterocycles. The van der Waals surface area contributed by atoms with E-state index < -0.39 is 0 Å². The molecular formula is C8H16N2O. The molecule has 2 N–H and O–H groups in total. The number of aliphatic hydroxyl groups excluding tert-OH is 1. The van der Waals surface area contributed by atoms with Crippen molar-refractivity contribution in [1.82, 2.24) is 10.2 Å². The molecule has 2 saturated heterocycles. The van der Waals surface area contributed by atoms with Gasteiger partial charge >= 0.3 is 0 Å². The highest BCUT2D eigenvalue weighted by Gasteiger charge is 2.45. The van der Waals surface area contributed by atoms with Crippen molar-refractivity contribution in [2.45, 2.75) is 31.5 Å². The van der Waals surface area contributed by atoms with Gasteiger partial charge in [0.15, 0.2) is 0 Å². The molecule has 11 heavy (non-hydrogen) atoms. The molecule has 2 fully saturated rings. The first kappa shape index (κ1) is 7.53. The number of hydrogen-bond acceptors (Lipinski definition) is 3. The molecule has 3 unspecified atom stereocenters. The van der Waals surface area contributed by atoms with Crippen LogP contribution in [0.2, 0.25) is 0 Å². The van der Waals surface area contributed by atoms with Crippen LogP contribution >= 0.6 is 0 Å². The minimum atomic E-state index is -0.110. The van der Waals surface area contributed by atoms with Crippen LogP contribution in [0.25, 0.3) is 0 Å². The second kappa shape index (κ2) is 2.73.